The van der Waals surface area contributed by atoms with Gasteiger partial charge >= 0.3 is 5.77 Å². The third-order valence-electron chi connectivity index (χ3n) is 4.02. The van der Waals surface area contributed by atoms with Crippen LogP contribution in [0, 0.1) is 0 Å². The minimum atomic E-state index is -2.42. The van der Waals surface area contributed by atoms with Gasteiger partial charge < -0.3 is 31.7 Å². The van der Waals surface area contributed by atoms with Crippen molar-refractivity contribution >= 4 is 127 Å². The van der Waals surface area contributed by atoms with Crippen LogP contribution in [0.25, 0.3) is 0 Å². The SMILES string of the molecule is CCCSP(=O)(OCC)SCCC.CCOP(=S)(OCC)SCCSCC.CCOP(=S)(OCC)SCSP(=S)(OCC)OCC. The monoisotopic (exact) mass is 900 g/mol. The Kier molecular flexibility index (Phi) is 42.5. The lowest BCUT2D eigenvalue weighted by Gasteiger charge is -2.23. The molecule has 0 aliphatic heterocycles. The standard InChI is InChI=1S/C9H22O4P2S4.C8H19O2PS3.C8H19O2PS2/c1-5-10-14(16,11-6-2)18-9-19-15(17,12-7-3)13-8-4;1-4-9-11(12,10-5-2)14-8-7-13-6-3;1-4-7-12-11(9,10-6-3)13-8-5-2/h5-9H2,1-4H3;4-8H2,1-3H3;4-8H2,1-3H3. The Balaban J connectivity index is -0.000000618. The van der Waals surface area contributed by atoms with E-state index in [1.165, 1.54) is 45.5 Å². The normalized spacial score (nSPS) is 12.3. The van der Waals surface area contributed by atoms with Gasteiger partial charge in [-0.1, -0.05) is 77.7 Å². The van der Waals surface area contributed by atoms with E-state index in [4.69, 9.17) is 67.1 Å². The number of thioether (sulfide) groups is 1. The van der Waals surface area contributed by atoms with Crippen molar-refractivity contribution in [3.63, 3.8) is 0 Å². The van der Waals surface area contributed by atoms with Crippen molar-refractivity contribution in [2.24, 2.45) is 0 Å². The van der Waals surface area contributed by atoms with E-state index < -0.39 is 22.9 Å². The van der Waals surface area contributed by atoms with Gasteiger partial charge in [-0.25, -0.2) is 0 Å². The molecule has 282 valence electrons. The summed E-state index contributed by atoms with van der Waals surface area (Å²) in [6, 6.07) is 0. The fraction of sp³-hybridized carbons (Fsp3) is 1.00. The van der Waals surface area contributed by atoms with E-state index in [1.807, 2.05) is 60.2 Å². The zero-order valence-corrected chi connectivity index (χ0v) is 40.3. The van der Waals surface area contributed by atoms with E-state index in [0.29, 0.717) is 51.3 Å². The van der Waals surface area contributed by atoms with Gasteiger partial charge in [-0.05, 0) is 102 Å². The molecule has 0 fully saturated rings. The van der Waals surface area contributed by atoms with Gasteiger partial charge in [-0.2, -0.15) is 11.8 Å². The lowest BCUT2D eigenvalue weighted by atomic mass is 10.6. The van der Waals surface area contributed by atoms with Crippen LogP contribution in [-0.2, 0) is 71.7 Å². The summed E-state index contributed by atoms with van der Waals surface area (Å²) in [5.74, 6) is 2.74. The summed E-state index contributed by atoms with van der Waals surface area (Å²) in [6.45, 7) is 23.9. The van der Waals surface area contributed by atoms with Crippen LogP contribution in [0.4, 0.5) is 0 Å². The molecule has 8 nitrogen and oxygen atoms in total. The van der Waals surface area contributed by atoms with Crippen LogP contribution in [0.15, 0.2) is 0 Å². The maximum Gasteiger partial charge on any atom is 0.313 e. The second-order valence-electron chi connectivity index (χ2n) is 7.79. The first-order valence-electron chi connectivity index (χ1n) is 15.5. The van der Waals surface area contributed by atoms with Crippen molar-refractivity contribution in [2.75, 3.05) is 80.1 Å². The highest BCUT2D eigenvalue weighted by molar-refractivity contribution is 8.89. The van der Waals surface area contributed by atoms with Crippen molar-refractivity contribution in [2.45, 2.75) is 82.1 Å². The van der Waals surface area contributed by atoms with Gasteiger partial charge in [0.25, 0.3) is 0 Å². The largest absolute Gasteiger partial charge is 0.322 e. The molecule has 0 amide bonds. The molecule has 0 saturated heterocycles. The highest BCUT2D eigenvalue weighted by Crippen LogP contribution is 2.70. The molecular weight excluding hydrogens is 841 g/mol. The molecule has 0 unspecified atom stereocenters. The van der Waals surface area contributed by atoms with Crippen LogP contribution in [-0.4, -0.2) is 80.1 Å². The average molecular weight is 901 g/mol. The van der Waals surface area contributed by atoms with E-state index in [1.54, 1.807) is 11.4 Å². The van der Waals surface area contributed by atoms with Crippen LogP contribution in [0.3, 0.4) is 0 Å². The molecule has 0 aromatic heterocycles. The van der Waals surface area contributed by atoms with E-state index in [9.17, 15) is 4.57 Å². The number of hydrogen-bond donors (Lipinski definition) is 0. The molecular formula is C25H60O8P4S9. The van der Waals surface area contributed by atoms with Gasteiger partial charge in [0.15, 0.2) is 0 Å². The third kappa shape index (κ3) is 32.6. The summed E-state index contributed by atoms with van der Waals surface area (Å²) in [4.78, 5) is 0. The summed E-state index contributed by atoms with van der Waals surface area (Å²) in [6.07, 6.45) is 2.10. The lowest BCUT2D eigenvalue weighted by Crippen LogP contribution is -1.94. The molecule has 0 saturated carbocycles. The summed E-state index contributed by atoms with van der Waals surface area (Å²) < 4.78 is 50.6. The maximum atomic E-state index is 12.0. The quantitative estimate of drug-likeness (QED) is 0.0405. The molecule has 0 aliphatic carbocycles. The van der Waals surface area contributed by atoms with E-state index >= 15 is 0 Å². The van der Waals surface area contributed by atoms with Crippen LogP contribution in [0.2, 0.25) is 0 Å². The minimum absolute atomic E-state index is 0.546. The molecule has 0 heterocycles. The molecule has 0 rings (SSSR count). The van der Waals surface area contributed by atoms with Crippen molar-refractivity contribution < 1.29 is 36.2 Å². The molecule has 0 aromatic carbocycles. The average Bonchev–Trinajstić information content (AvgIpc) is 2.99. The Morgan fingerprint density at radius 1 is 0.435 bits per heavy atom. The molecule has 0 spiro atoms. The Hall–Kier alpha value is 4.00. The van der Waals surface area contributed by atoms with Crippen LogP contribution in [0.1, 0.15) is 82.1 Å². The molecule has 46 heavy (non-hydrogen) atoms. The van der Waals surface area contributed by atoms with Gasteiger partial charge in [0.1, 0.15) is 0 Å². The summed E-state index contributed by atoms with van der Waals surface area (Å²) in [5, 5.41) is 0.661. The minimum Gasteiger partial charge on any atom is -0.322 e. The number of rotatable bonds is 29. The van der Waals surface area contributed by atoms with Gasteiger partial charge in [0.05, 0.1) is 51.3 Å². The van der Waals surface area contributed by atoms with Crippen molar-refractivity contribution in [3.8, 4) is 0 Å². The fourth-order valence-corrected chi connectivity index (χ4v) is 28.1. The van der Waals surface area contributed by atoms with Crippen molar-refractivity contribution in [3.05, 3.63) is 0 Å². The highest BCUT2D eigenvalue weighted by Gasteiger charge is 2.24. The van der Waals surface area contributed by atoms with Gasteiger partial charge in [-0.15, -0.1) is 0 Å². The smallest absolute Gasteiger partial charge is 0.313 e. The number of hydrogen-bond acceptors (Lipinski definition) is 17. The molecule has 0 aliphatic rings. The molecule has 0 N–H and O–H groups in total. The third-order valence-corrected chi connectivity index (χ3v) is 30.6. The molecule has 0 bridgehead atoms. The van der Waals surface area contributed by atoms with Gasteiger partial charge in [-0.3, -0.25) is 4.57 Å². The van der Waals surface area contributed by atoms with E-state index in [-0.39, 0.29) is 0 Å². The first-order valence-corrected chi connectivity index (χ1v) is 34.2. The van der Waals surface area contributed by atoms with Crippen LogP contribution >= 0.6 is 91.5 Å². The second-order valence-corrected chi connectivity index (χ2v) is 36.2. The Morgan fingerprint density at radius 3 is 1.04 bits per heavy atom. The molecule has 0 radical (unpaired) electrons. The van der Waals surface area contributed by atoms with Crippen molar-refractivity contribution in [1.29, 1.82) is 0 Å². The lowest BCUT2D eigenvalue weighted by molar-refractivity contribution is 0.280. The Labute approximate surface area is 322 Å². The first-order chi connectivity index (χ1) is 21.8. The summed E-state index contributed by atoms with van der Waals surface area (Å²) in [7, 11) is 0. The first kappa shape index (κ1) is 54.3. The predicted octanol–water partition coefficient (Wildman–Crippen LogP) is 13.2. The summed E-state index contributed by atoms with van der Waals surface area (Å²) in [5.41, 5.74) is -6.53. The fourth-order valence-electron chi connectivity index (χ4n) is 2.47. The Morgan fingerprint density at radius 2 is 0.761 bits per heavy atom. The van der Waals surface area contributed by atoms with E-state index in [2.05, 4.69) is 20.8 Å². The van der Waals surface area contributed by atoms with E-state index in [0.717, 1.165) is 41.6 Å². The topological polar surface area (TPSA) is 81.7 Å². The van der Waals surface area contributed by atoms with Crippen LogP contribution < -0.4 is 0 Å². The highest BCUT2D eigenvalue weighted by atomic mass is 33.1. The van der Waals surface area contributed by atoms with Crippen LogP contribution in [0.5, 0.6) is 0 Å². The molecule has 21 heteroatoms. The zero-order valence-electron chi connectivity index (χ0n) is 29.3. The second kappa shape index (κ2) is 36.0. The summed E-state index contributed by atoms with van der Waals surface area (Å²) >= 11 is 25.8. The van der Waals surface area contributed by atoms with Gasteiger partial charge in [0, 0.05) is 23.0 Å². The maximum absolute atomic E-state index is 12.0. The zero-order chi connectivity index (χ0) is 35.8. The van der Waals surface area contributed by atoms with Gasteiger partial charge in [0.2, 0.25) is 17.1 Å². The Bertz CT molecular complexity index is 809. The molecule has 0 atom stereocenters. The predicted molar refractivity (Wildman–Crippen MR) is 233 cm³/mol. The van der Waals surface area contributed by atoms with Crippen molar-refractivity contribution in [1.82, 2.24) is 0 Å². The molecule has 0 aromatic rings.